The number of fused-ring (bicyclic) bond motifs is 1. The van der Waals surface area contributed by atoms with Crippen LogP contribution in [0.5, 0.6) is 28.7 Å². The van der Waals surface area contributed by atoms with Crippen molar-refractivity contribution in [2.45, 2.75) is 13.0 Å². The Bertz CT molecular complexity index is 908. The molecular weight excluding hydrogens is 374 g/mol. The molecule has 0 unspecified atom stereocenters. The van der Waals surface area contributed by atoms with Gasteiger partial charge in [-0.2, -0.15) is 0 Å². The third-order valence-electron chi connectivity index (χ3n) is 4.57. The van der Waals surface area contributed by atoms with Crippen LogP contribution in [0.15, 0.2) is 36.4 Å². The molecule has 1 N–H and O–H groups in total. The molecule has 154 valence electrons. The second-order valence-electron chi connectivity index (χ2n) is 6.39. The number of ether oxygens (including phenoxy) is 5. The quantitative estimate of drug-likeness (QED) is 0.720. The van der Waals surface area contributed by atoms with Crippen LogP contribution in [0.25, 0.3) is 6.08 Å². The number of carbonyl (C=O) groups is 1. The summed E-state index contributed by atoms with van der Waals surface area (Å²) in [6.45, 7) is 2.98. The Labute approximate surface area is 170 Å². The monoisotopic (exact) mass is 399 g/mol. The molecule has 3 rings (SSSR count). The van der Waals surface area contributed by atoms with Crippen molar-refractivity contribution in [2.75, 3.05) is 34.5 Å². The standard InChI is InChI=1S/C22H25NO6/c1-14(16-6-8-17-19(13-16)29-12-11-28-17)23-20(24)10-7-15-5-9-18(25-2)22(27-4)21(15)26-3/h5-10,13-14H,11-12H2,1-4H3,(H,23,24)/b10-7+/t14-/m0/s1. The van der Waals surface area contributed by atoms with E-state index in [9.17, 15) is 4.79 Å². The van der Waals surface area contributed by atoms with Gasteiger partial charge in [0.15, 0.2) is 23.0 Å². The lowest BCUT2D eigenvalue weighted by molar-refractivity contribution is -0.117. The molecule has 0 bridgehead atoms. The SMILES string of the molecule is COc1ccc(/C=C/C(=O)N[C@@H](C)c2ccc3c(c2)OCCO3)c(OC)c1OC. The maximum atomic E-state index is 12.4. The third kappa shape index (κ3) is 4.56. The Morgan fingerprint density at radius 3 is 2.41 bits per heavy atom. The van der Waals surface area contributed by atoms with E-state index in [0.29, 0.717) is 41.8 Å². The minimum Gasteiger partial charge on any atom is -0.493 e. The van der Waals surface area contributed by atoms with Crippen LogP contribution >= 0.6 is 0 Å². The molecule has 1 aliphatic rings. The molecule has 2 aromatic carbocycles. The fraction of sp³-hybridized carbons (Fsp3) is 0.318. The smallest absolute Gasteiger partial charge is 0.244 e. The van der Waals surface area contributed by atoms with Crippen molar-refractivity contribution in [3.63, 3.8) is 0 Å². The first-order valence-electron chi connectivity index (χ1n) is 9.24. The molecule has 1 heterocycles. The number of methoxy groups -OCH3 is 3. The van der Waals surface area contributed by atoms with Crippen LogP contribution in [0, 0.1) is 0 Å². The Hall–Kier alpha value is -3.35. The van der Waals surface area contributed by atoms with Crippen LogP contribution in [0.1, 0.15) is 24.1 Å². The molecule has 0 radical (unpaired) electrons. The van der Waals surface area contributed by atoms with Crippen molar-refractivity contribution < 1.29 is 28.5 Å². The normalized spacial score (nSPS) is 13.7. The Morgan fingerprint density at radius 2 is 1.72 bits per heavy atom. The van der Waals surface area contributed by atoms with Crippen molar-refractivity contribution in [1.29, 1.82) is 0 Å². The number of carbonyl (C=O) groups excluding carboxylic acids is 1. The highest BCUT2D eigenvalue weighted by Crippen LogP contribution is 2.40. The van der Waals surface area contributed by atoms with Gasteiger partial charge in [0.05, 0.1) is 27.4 Å². The molecule has 1 aliphatic heterocycles. The zero-order valence-corrected chi connectivity index (χ0v) is 17.0. The van der Waals surface area contributed by atoms with Gasteiger partial charge in [0, 0.05) is 11.6 Å². The van der Waals surface area contributed by atoms with E-state index in [1.54, 1.807) is 32.4 Å². The van der Waals surface area contributed by atoms with E-state index in [0.717, 1.165) is 11.3 Å². The van der Waals surface area contributed by atoms with Crippen LogP contribution in [0.4, 0.5) is 0 Å². The molecule has 0 spiro atoms. The van der Waals surface area contributed by atoms with Gasteiger partial charge in [0.25, 0.3) is 0 Å². The van der Waals surface area contributed by atoms with Gasteiger partial charge < -0.3 is 29.0 Å². The first-order valence-corrected chi connectivity index (χ1v) is 9.24. The number of amides is 1. The van der Waals surface area contributed by atoms with Gasteiger partial charge in [0.1, 0.15) is 13.2 Å². The number of benzene rings is 2. The molecule has 0 saturated carbocycles. The molecule has 7 heteroatoms. The Morgan fingerprint density at radius 1 is 1.00 bits per heavy atom. The molecule has 0 aliphatic carbocycles. The van der Waals surface area contributed by atoms with E-state index in [-0.39, 0.29) is 11.9 Å². The molecule has 0 aromatic heterocycles. The zero-order chi connectivity index (χ0) is 20.8. The Balaban J connectivity index is 1.71. The Kier molecular flexibility index (Phi) is 6.49. The van der Waals surface area contributed by atoms with E-state index >= 15 is 0 Å². The topological polar surface area (TPSA) is 75.3 Å². The van der Waals surface area contributed by atoms with Crippen molar-refractivity contribution in [1.82, 2.24) is 5.32 Å². The second kappa shape index (κ2) is 9.23. The average molecular weight is 399 g/mol. The van der Waals surface area contributed by atoms with E-state index in [2.05, 4.69) is 5.32 Å². The van der Waals surface area contributed by atoms with Gasteiger partial charge in [-0.1, -0.05) is 6.07 Å². The predicted molar refractivity (Wildman–Crippen MR) is 109 cm³/mol. The predicted octanol–water partition coefficient (Wildman–Crippen LogP) is 3.37. The summed E-state index contributed by atoms with van der Waals surface area (Å²) in [4.78, 5) is 12.4. The summed E-state index contributed by atoms with van der Waals surface area (Å²) < 4.78 is 27.2. The van der Waals surface area contributed by atoms with Crippen LogP contribution in [0.3, 0.4) is 0 Å². The van der Waals surface area contributed by atoms with Gasteiger partial charge in [0.2, 0.25) is 11.7 Å². The summed E-state index contributed by atoms with van der Waals surface area (Å²) in [5.74, 6) is 2.71. The van der Waals surface area contributed by atoms with Gasteiger partial charge in [-0.15, -0.1) is 0 Å². The van der Waals surface area contributed by atoms with Crippen LogP contribution in [-0.2, 0) is 4.79 Å². The lowest BCUT2D eigenvalue weighted by atomic mass is 10.1. The van der Waals surface area contributed by atoms with E-state index < -0.39 is 0 Å². The van der Waals surface area contributed by atoms with Gasteiger partial charge >= 0.3 is 0 Å². The van der Waals surface area contributed by atoms with Crippen LogP contribution in [0.2, 0.25) is 0 Å². The maximum Gasteiger partial charge on any atom is 0.244 e. The largest absolute Gasteiger partial charge is 0.493 e. The maximum absolute atomic E-state index is 12.4. The number of hydrogen-bond acceptors (Lipinski definition) is 6. The molecular formula is C22H25NO6. The number of nitrogens with one attached hydrogen (secondary N) is 1. The minimum atomic E-state index is -0.232. The van der Waals surface area contributed by atoms with E-state index in [1.165, 1.54) is 13.2 Å². The average Bonchev–Trinajstić information content (AvgIpc) is 2.76. The summed E-state index contributed by atoms with van der Waals surface area (Å²) in [5.41, 5.74) is 1.63. The second-order valence-corrected chi connectivity index (χ2v) is 6.39. The van der Waals surface area contributed by atoms with Gasteiger partial charge in [-0.05, 0) is 42.8 Å². The van der Waals surface area contributed by atoms with Crippen molar-refractivity contribution >= 4 is 12.0 Å². The third-order valence-corrected chi connectivity index (χ3v) is 4.57. The summed E-state index contributed by atoms with van der Waals surface area (Å²) >= 11 is 0. The molecule has 1 amide bonds. The molecule has 7 nitrogen and oxygen atoms in total. The van der Waals surface area contributed by atoms with Gasteiger partial charge in [-0.25, -0.2) is 0 Å². The van der Waals surface area contributed by atoms with Crippen LogP contribution < -0.4 is 29.0 Å². The summed E-state index contributed by atoms with van der Waals surface area (Å²) in [7, 11) is 4.63. The fourth-order valence-electron chi connectivity index (χ4n) is 3.10. The molecule has 29 heavy (non-hydrogen) atoms. The first kappa shape index (κ1) is 20.4. The molecule has 1 atom stereocenters. The van der Waals surface area contributed by atoms with Crippen molar-refractivity contribution in [3.8, 4) is 28.7 Å². The zero-order valence-electron chi connectivity index (χ0n) is 17.0. The number of rotatable bonds is 7. The van der Waals surface area contributed by atoms with Crippen molar-refractivity contribution in [3.05, 3.63) is 47.5 Å². The fourth-order valence-corrected chi connectivity index (χ4v) is 3.10. The highest BCUT2D eigenvalue weighted by Gasteiger charge is 2.16. The molecule has 0 fully saturated rings. The minimum absolute atomic E-state index is 0.199. The van der Waals surface area contributed by atoms with Crippen molar-refractivity contribution in [2.24, 2.45) is 0 Å². The summed E-state index contributed by atoms with van der Waals surface area (Å²) in [5, 5.41) is 2.94. The number of hydrogen-bond donors (Lipinski definition) is 1. The molecule has 2 aromatic rings. The van der Waals surface area contributed by atoms with Crippen LogP contribution in [-0.4, -0.2) is 40.5 Å². The molecule has 0 saturated heterocycles. The lowest BCUT2D eigenvalue weighted by Gasteiger charge is -2.20. The summed E-state index contributed by atoms with van der Waals surface area (Å²) in [6.07, 6.45) is 3.13. The lowest BCUT2D eigenvalue weighted by Crippen LogP contribution is -2.25. The van der Waals surface area contributed by atoms with E-state index in [1.807, 2.05) is 25.1 Å². The highest BCUT2D eigenvalue weighted by molar-refractivity contribution is 5.92. The summed E-state index contributed by atoms with van der Waals surface area (Å²) in [6, 6.07) is 9.03. The van der Waals surface area contributed by atoms with E-state index in [4.69, 9.17) is 23.7 Å². The highest BCUT2D eigenvalue weighted by atomic mass is 16.6. The van der Waals surface area contributed by atoms with Gasteiger partial charge in [-0.3, -0.25) is 4.79 Å². The first-order chi connectivity index (χ1) is 14.1.